The first kappa shape index (κ1) is 21.6. The first-order valence-electron chi connectivity index (χ1n) is 9.82. The number of hydrogen-bond donors (Lipinski definition) is 1. The maximum atomic E-state index is 13.2. The Labute approximate surface area is 179 Å². The zero-order valence-corrected chi connectivity index (χ0v) is 18.1. The second-order valence-electron chi connectivity index (χ2n) is 6.79. The standard InChI is InChI=1S/C23H24FN3O2S/c1-4-27(5-2)23(29)17-8-12-19(13-9-17)26-21(28)14-20-22(25-15(3)30-20)16-6-10-18(24)11-7-16/h6-13H,4-5,14H2,1-3H3,(H,26,28). The van der Waals surface area contributed by atoms with Gasteiger partial charge in [0.05, 0.1) is 17.1 Å². The van der Waals surface area contributed by atoms with Crippen molar-refractivity contribution in [3.63, 3.8) is 0 Å². The van der Waals surface area contributed by atoms with E-state index in [1.165, 1.54) is 23.5 Å². The quantitative estimate of drug-likeness (QED) is 0.584. The van der Waals surface area contributed by atoms with Crippen molar-refractivity contribution in [3.05, 3.63) is 69.8 Å². The molecule has 156 valence electrons. The van der Waals surface area contributed by atoms with E-state index in [1.54, 1.807) is 41.3 Å². The molecule has 0 saturated carbocycles. The van der Waals surface area contributed by atoms with E-state index in [4.69, 9.17) is 0 Å². The molecule has 0 radical (unpaired) electrons. The Kier molecular flexibility index (Phi) is 6.95. The normalized spacial score (nSPS) is 10.7. The Morgan fingerprint density at radius 3 is 2.27 bits per heavy atom. The topological polar surface area (TPSA) is 62.3 Å². The number of halogens is 1. The van der Waals surface area contributed by atoms with Gasteiger partial charge in [0.15, 0.2) is 0 Å². The highest BCUT2D eigenvalue weighted by atomic mass is 32.1. The van der Waals surface area contributed by atoms with Crippen molar-refractivity contribution in [1.29, 1.82) is 0 Å². The number of hydrogen-bond acceptors (Lipinski definition) is 4. The van der Waals surface area contributed by atoms with Crippen LogP contribution >= 0.6 is 11.3 Å². The van der Waals surface area contributed by atoms with Crippen LogP contribution in [0.25, 0.3) is 11.3 Å². The second-order valence-corrected chi connectivity index (χ2v) is 8.08. The molecule has 5 nitrogen and oxygen atoms in total. The lowest BCUT2D eigenvalue weighted by atomic mass is 10.1. The van der Waals surface area contributed by atoms with Gasteiger partial charge in [0.2, 0.25) is 5.91 Å². The van der Waals surface area contributed by atoms with Crippen LogP contribution < -0.4 is 5.32 Å². The Balaban J connectivity index is 1.69. The summed E-state index contributed by atoms with van der Waals surface area (Å²) in [5.74, 6) is -0.514. The van der Waals surface area contributed by atoms with E-state index in [9.17, 15) is 14.0 Å². The molecule has 0 aliphatic heterocycles. The molecule has 0 aliphatic carbocycles. The van der Waals surface area contributed by atoms with Gasteiger partial charge in [0.25, 0.3) is 5.91 Å². The fourth-order valence-corrected chi connectivity index (χ4v) is 4.12. The van der Waals surface area contributed by atoms with Gasteiger partial charge in [0, 0.05) is 34.8 Å². The summed E-state index contributed by atoms with van der Waals surface area (Å²) >= 11 is 1.45. The zero-order valence-electron chi connectivity index (χ0n) is 17.2. The molecule has 0 unspecified atom stereocenters. The van der Waals surface area contributed by atoms with Crippen molar-refractivity contribution in [2.45, 2.75) is 27.2 Å². The van der Waals surface area contributed by atoms with Crippen molar-refractivity contribution in [1.82, 2.24) is 9.88 Å². The van der Waals surface area contributed by atoms with Gasteiger partial charge in [-0.3, -0.25) is 9.59 Å². The number of benzene rings is 2. The van der Waals surface area contributed by atoms with E-state index in [0.29, 0.717) is 30.0 Å². The summed E-state index contributed by atoms with van der Waals surface area (Å²) in [4.78, 5) is 32.0. The first-order chi connectivity index (χ1) is 14.4. The number of anilines is 1. The Hall–Kier alpha value is -3.06. The smallest absolute Gasteiger partial charge is 0.253 e. The molecule has 0 spiro atoms. The van der Waals surface area contributed by atoms with Crippen molar-refractivity contribution in [2.24, 2.45) is 0 Å². The van der Waals surface area contributed by atoms with Crippen molar-refractivity contribution < 1.29 is 14.0 Å². The lowest BCUT2D eigenvalue weighted by molar-refractivity contribution is -0.115. The largest absolute Gasteiger partial charge is 0.339 e. The molecule has 3 aromatic rings. The van der Waals surface area contributed by atoms with E-state index in [2.05, 4.69) is 10.3 Å². The molecule has 0 fully saturated rings. The first-order valence-corrected chi connectivity index (χ1v) is 10.6. The lowest BCUT2D eigenvalue weighted by Crippen LogP contribution is -2.30. The second kappa shape index (κ2) is 9.63. The molecular weight excluding hydrogens is 401 g/mol. The highest BCUT2D eigenvalue weighted by Crippen LogP contribution is 2.29. The molecular formula is C23H24FN3O2S. The number of nitrogens with zero attached hydrogens (tertiary/aromatic N) is 2. The van der Waals surface area contributed by atoms with E-state index in [1.807, 2.05) is 20.8 Å². The average Bonchev–Trinajstić information content (AvgIpc) is 3.09. The van der Waals surface area contributed by atoms with E-state index in [-0.39, 0.29) is 24.1 Å². The number of thiazole rings is 1. The van der Waals surface area contributed by atoms with Crippen LogP contribution in [0.15, 0.2) is 48.5 Å². The molecule has 7 heteroatoms. The molecule has 1 N–H and O–H groups in total. The van der Waals surface area contributed by atoms with Crippen molar-refractivity contribution in [2.75, 3.05) is 18.4 Å². The van der Waals surface area contributed by atoms with Crippen LogP contribution in [0.2, 0.25) is 0 Å². The number of aryl methyl sites for hydroxylation is 1. The molecule has 0 bridgehead atoms. The van der Waals surface area contributed by atoms with Gasteiger partial charge in [-0.15, -0.1) is 11.3 Å². The van der Waals surface area contributed by atoms with Crippen LogP contribution in [0, 0.1) is 12.7 Å². The molecule has 1 aromatic heterocycles. The molecule has 30 heavy (non-hydrogen) atoms. The summed E-state index contributed by atoms with van der Waals surface area (Å²) in [5, 5.41) is 3.71. The highest BCUT2D eigenvalue weighted by Gasteiger charge is 2.16. The number of amides is 2. The molecule has 0 saturated heterocycles. The fraction of sp³-hybridized carbons (Fsp3) is 0.261. The predicted molar refractivity (Wildman–Crippen MR) is 118 cm³/mol. The van der Waals surface area contributed by atoms with E-state index in [0.717, 1.165) is 15.4 Å². The highest BCUT2D eigenvalue weighted by molar-refractivity contribution is 7.12. The van der Waals surface area contributed by atoms with E-state index < -0.39 is 0 Å². The van der Waals surface area contributed by atoms with Crippen LogP contribution in [-0.4, -0.2) is 34.8 Å². The van der Waals surface area contributed by atoms with Crippen LogP contribution in [-0.2, 0) is 11.2 Å². The summed E-state index contributed by atoms with van der Waals surface area (Å²) in [5.41, 5.74) is 2.70. The van der Waals surface area contributed by atoms with Gasteiger partial charge in [-0.2, -0.15) is 0 Å². The molecule has 2 amide bonds. The molecule has 1 heterocycles. The molecule has 0 atom stereocenters. The number of nitrogens with one attached hydrogen (secondary N) is 1. The summed E-state index contributed by atoms with van der Waals surface area (Å²) in [7, 11) is 0. The Bertz CT molecular complexity index is 1030. The van der Waals surface area contributed by atoms with Crippen LogP contribution in [0.4, 0.5) is 10.1 Å². The number of carbonyl (C=O) groups excluding carboxylic acids is 2. The molecule has 2 aromatic carbocycles. The minimum Gasteiger partial charge on any atom is -0.339 e. The van der Waals surface area contributed by atoms with Gasteiger partial charge >= 0.3 is 0 Å². The SMILES string of the molecule is CCN(CC)C(=O)c1ccc(NC(=O)Cc2sc(C)nc2-c2ccc(F)cc2)cc1. The predicted octanol–water partition coefficient (Wildman–Crippen LogP) is 4.92. The average molecular weight is 426 g/mol. The third-order valence-electron chi connectivity index (χ3n) is 4.71. The van der Waals surface area contributed by atoms with Gasteiger partial charge in [-0.05, 0) is 69.3 Å². The molecule has 3 rings (SSSR count). The summed E-state index contributed by atoms with van der Waals surface area (Å²) in [6, 6.07) is 13.0. The van der Waals surface area contributed by atoms with Crippen molar-refractivity contribution in [3.8, 4) is 11.3 Å². The lowest BCUT2D eigenvalue weighted by Gasteiger charge is -2.18. The number of carbonyl (C=O) groups is 2. The maximum absolute atomic E-state index is 13.2. The van der Waals surface area contributed by atoms with Crippen molar-refractivity contribution >= 4 is 28.8 Å². The minimum absolute atomic E-state index is 0.0260. The maximum Gasteiger partial charge on any atom is 0.253 e. The number of aromatic nitrogens is 1. The monoisotopic (exact) mass is 425 g/mol. The van der Waals surface area contributed by atoms with Crippen LogP contribution in [0.1, 0.15) is 34.1 Å². The van der Waals surface area contributed by atoms with Crippen LogP contribution in [0.5, 0.6) is 0 Å². The van der Waals surface area contributed by atoms with Gasteiger partial charge in [-0.1, -0.05) is 0 Å². The van der Waals surface area contributed by atoms with Gasteiger partial charge < -0.3 is 10.2 Å². The summed E-state index contributed by atoms with van der Waals surface area (Å²) < 4.78 is 13.2. The van der Waals surface area contributed by atoms with Gasteiger partial charge in [0.1, 0.15) is 5.82 Å². The Morgan fingerprint density at radius 2 is 1.67 bits per heavy atom. The third kappa shape index (κ3) is 5.10. The fourth-order valence-electron chi connectivity index (χ4n) is 3.16. The molecule has 0 aliphatic rings. The number of rotatable bonds is 7. The summed E-state index contributed by atoms with van der Waals surface area (Å²) in [6.45, 7) is 7.07. The zero-order chi connectivity index (χ0) is 21.7. The van der Waals surface area contributed by atoms with Gasteiger partial charge in [-0.25, -0.2) is 9.37 Å². The minimum atomic E-state index is -0.312. The van der Waals surface area contributed by atoms with Crippen LogP contribution in [0.3, 0.4) is 0 Å². The summed E-state index contributed by atoms with van der Waals surface area (Å²) in [6.07, 6.45) is 0.165. The Morgan fingerprint density at radius 1 is 1.03 bits per heavy atom. The van der Waals surface area contributed by atoms with E-state index >= 15 is 0 Å². The third-order valence-corrected chi connectivity index (χ3v) is 5.68.